The quantitative estimate of drug-likeness (QED) is 0.734. The smallest absolute Gasteiger partial charge is 0.304 e. The maximum absolute atomic E-state index is 10.7. The molecule has 1 heterocycles. The lowest BCUT2D eigenvalue weighted by atomic mass is 9.94. The van der Waals surface area contributed by atoms with Crippen LogP contribution in [0, 0.1) is 0 Å². The number of carboxylic acids is 1. The van der Waals surface area contributed by atoms with Gasteiger partial charge in [-0.25, -0.2) is 0 Å². The zero-order valence-electron chi connectivity index (χ0n) is 9.65. The van der Waals surface area contributed by atoms with Crippen molar-refractivity contribution in [3.8, 4) is 0 Å². The molecule has 0 radical (unpaired) electrons. The minimum absolute atomic E-state index is 0.0892. The van der Waals surface area contributed by atoms with Crippen LogP contribution in [0.3, 0.4) is 0 Å². The van der Waals surface area contributed by atoms with Crippen LogP contribution in [-0.4, -0.2) is 40.6 Å². The van der Waals surface area contributed by atoms with Gasteiger partial charge in [-0.2, -0.15) is 0 Å². The number of nitrogens with zero attached hydrogens (tertiary/aromatic N) is 1. The second kappa shape index (κ2) is 5.47. The first-order valence-electron chi connectivity index (χ1n) is 5.75. The zero-order chi connectivity index (χ0) is 11.4. The standard InChI is InChI=1S/C11H22N2O2/c1-8-4-3-5-10(7-12)13(8)9(2)6-11(14)15/h8-10H,3-7,12H2,1-2H3,(H,14,15). The third-order valence-corrected chi connectivity index (χ3v) is 3.34. The molecule has 4 nitrogen and oxygen atoms in total. The first-order valence-corrected chi connectivity index (χ1v) is 5.75. The number of aliphatic carboxylic acids is 1. The first-order chi connectivity index (χ1) is 7.06. The van der Waals surface area contributed by atoms with Crippen LogP contribution in [0.4, 0.5) is 0 Å². The Labute approximate surface area is 91.4 Å². The highest BCUT2D eigenvalue weighted by molar-refractivity contribution is 5.67. The van der Waals surface area contributed by atoms with E-state index in [2.05, 4.69) is 11.8 Å². The Hall–Kier alpha value is -0.610. The van der Waals surface area contributed by atoms with Gasteiger partial charge in [-0.1, -0.05) is 6.42 Å². The maximum Gasteiger partial charge on any atom is 0.304 e. The summed E-state index contributed by atoms with van der Waals surface area (Å²) in [5.74, 6) is -0.726. The number of hydrogen-bond donors (Lipinski definition) is 2. The van der Waals surface area contributed by atoms with Gasteiger partial charge in [0.05, 0.1) is 6.42 Å². The molecule has 1 rings (SSSR count). The molecule has 0 amide bonds. The van der Waals surface area contributed by atoms with Crippen molar-refractivity contribution in [2.24, 2.45) is 5.73 Å². The second-order valence-electron chi connectivity index (χ2n) is 4.56. The highest BCUT2D eigenvalue weighted by atomic mass is 16.4. The van der Waals surface area contributed by atoms with Crippen LogP contribution in [-0.2, 0) is 4.79 Å². The van der Waals surface area contributed by atoms with Crippen LogP contribution in [0.25, 0.3) is 0 Å². The largest absolute Gasteiger partial charge is 0.481 e. The van der Waals surface area contributed by atoms with Gasteiger partial charge in [0.25, 0.3) is 0 Å². The van der Waals surface area contributed by atoms with Crippen LogP contribution in [0.1, 0.15) is 39.5 Å². The molecule has 0 spiro atoms. The molecule has 1 aliphatic heterocycles. The van der Waals surface area contributed by atoms with Crippen LogP contribution < -0.4 is 5.73 Å². The molecular weight excluding hydrogens is 192 g/mol. The minimum Gasteiger partial charge on any atom is -0.481 e. The van der Waals surface area contributed by atoms with Crippen molar-refractivity contribution >= 4 is 5.97 Å². The molecule has 4 heteroatoms. The summed E-state index contributed by atoms with van der Waals surface area (Å²) < 4.78 is 0. The fourth-order valence-corrected chi connectivity index (χ4v) is 2.70. The normalized spacial score (nSPS) is 30.1. The lowest BCUT2D eigenvalue weighted by Crippen LogP contribution is -2.53. The minimum atomic E-state index is -0.726. The molecule has 3 atom stereocenters. The number of carbonyl (C=O) groups is 1. The molecule has 1 aliphatic rings. The van der Waals surface area contributed by atoms with E-state index in [1.807, 2.05) is 6.92 Å². The fourth-order valence-electron chi connectivity index (χ4n) is 2.70. The summed E-state index contributed by atoms with van der Waals surface area (Å²) in [6.07, 6.45) is 3.67. The van der Waals surface area contributed by atoms with Crippen molar-refractivity contribution in [3.63, 3.8) is 0 Å². The van der Waals surface area contributed by atoms with Gasteiger partial charge in [0.15, 0.2) is 0 Å². The molecule has 0 aliphatic carbocycles. The molecule has 0 aromatic heterocycles. The summed E-state index contributed by atoms with van der Waals surface area (Å²) in [5.41, 5.74) is 5.74. The summed E-state index contributed by atoms with van der Waals surface area (Å²) >= 11 is 0. The zero-order valence-corrected chi connectivity index (χ0v) is 9.65. The number of hydrogen-bond acceptors (Lipinski definition) is 3. The lowest BCUT2D eigenvalue weighted by molar-refractivity contribution is -0.138. The van der Waals surface area contributed by atoms with E-state index >= 15 is 0 Å². The van der Waals surface area contributed by atoms with E-state index in [4.69, 9.17) is 10.8 Å². The van der Waals surface area contributed by atoms with Crippen molar-refractivity contribution in [1.29, 1.82) is 0 Å². The summed E-state index contributed by atoms with van der Waals surface area (Å²) in [6.45, 7) is 4.78. The Morgan fingerprint density at radius 3 is 2.80 bits per heavy atom. The molecule has 0 saturated carbocycles. The summed E-state index contributed by atoms with van der Waals surface area (Å²) in [7, 11) is 0. The second-order valence-corrected chi connectivity index (χ2v) is 4.56. The Balaban J connectivity index is 2.64. The Morgan fingerprint density at radius 2 is 2.27 bits per heavy atom. The molecule has 0 aromatic carbocycles. The van der Waals surface area contributed by atoms with Gasteiger partial charge < -0.3 is 10.8 Å². The van der Waals surface area contributed by atoms with Crippen LogP contribution in [0.15, 0.2) is 0 Å². The Morgan fingerprint density at radius 1 is 1.60 bits per heavy atom. The van der Waals surface area contributed by atoms with Crippen molar-refractivity contribution < 1.29 is 9.90 Å². The van der Waals surface area contributed by atoms with E-state index < -0.39 is 5.97 Å². The van der Waals surface area contributed by atoms with Gasteiger partial charge in [-0.05, 0) is 26.7 Å². The topological polar surface area (TPSA) is 66.6 Å². The van der Waals surface area contributed by atoms with E-state index in [0.29, 0.717) is 18.6 Å². The molecule has 3 unspecified atom stereocenters. The van der Waals surface area contributed by atoms with Gasteiger partial charge in [-0.15, -0.1) is 0 Å². The van der Waals surface area contributed by atoms with E-state index in [9.17, 15) is 4.79 Å². The van der Waals surface area contributed by atoms with E-state index in [0.717, 1.165) is 12.8 Å². The summed E-state index contributed by atoms with van der Waals surface area (Å²) in [4.78, 5) is 13.0. The molecule has 1 saturated heterocycles. The van der Waals surface area contributed by atoms with Crippen LogP contribution >= 0.6 is 0 Å². The summed E-state index contributed by atoms with van der Waals surface area (Å²) in [5, 5.41) is 8.80. The number of likely N-dealkylation sites (tertiary alicyclic amines) is 1. The molecule has 88 valence electrons. The number of nitrogens with two attached hydrogens (primary N) is 1. The third-order valence-electron chi connectivity index (χ3n) is 3.34. The average molecular weight is 214 g/mol. The Kier molecular flexibility index (Phi) is 4.54. The van der Waals surface area contributed by atoms with Crippen molar-refractivity contribution in [1.82, 2.24) is 4.90 Å². The third kappa shape index (κ3) is 3.18. The van der Waals surface area contributed by atoms with Gasteiger partial charge >= 0.3 is 5.97 Å². The number of piperidine rings is 1. The molecular formula is C11H22N2O2. The number of carboxylic acid groups (broad SMARTS) is 1. The average Bonchev–Trinajstić information content (AvgIpc) is 2.15. The van der Waals surface area contributed by atoms with E-state index in [1.54, 1.807) is 0 Å². The van der Waals surface area contributed by atoms with E-state index in [1.165, 1.54) is 6.42 Å². The van der Waals surface area contributed by atoms with Gasteiger partial charge in [0.1, 0.15) is 0 Å². The highest BCUT2D eigenvalue weighted by Crippen LogP contribution is 2.25. The molecule has 0 bridgehead atoms. The van der Waals surface area contributed by atoms with Crippen LogP contribution in [0.5, 0.6) is 0 Å². The van der Waals surface area contributed by atoms with Crippen molar-refractivity contribution in [2.45, 2.75) is 57.7 Å². The molecule has 1 fully saturated rings. The monoisotopic (exact) mass is 214 g/mol. The van der Waals surface area contributed by atoms with Gasteiger partial charge in [0.2, 0.25) is 0 Å². The van der Waals surface area contributed by atoms with Crippen LogP contribution in [0.2, 0.25) is 0 Å². The number of rotatable bonds is 4. The SMILES string of the molecule is CC1CCCC(CN)N1C(C)CC(=O)O. The maximum atomic E-state index is 10.7. The fraction of sp³-hybridized carbons (Fsp3) is 0.909. The molecule has 15 heavy (non-hydrogen) atoms. The predicted molar refractivity (Wildman–Crippen MR) is 59.7 cm³/mol. The highest BCUT2D eigenvalue weighted by Gasteiger charge is 2.31. The van der Waals surface area contributed by atoms with E-state index in [-0.39, 0.29) is 12.5 Å². The predicted octanol–water partition coefficient (Wildman–Crippen LogP) is 1.05. The summed E-state index contributed by atoms with van der Waals surface area (Å²) in [6, 6.07) is 0.913. The van der Waals surface area contributed by atoms with Crippen molar-refractivity contribution in [3.05, 3.63) is 0 Å². The lowest BCUT2D eigenvalue weighted by Gasteiger charge is -2.43. The van der Waals surface area contributed by atoms with Gasteiger partial charge in [-0.3, -0.25) is 9.69 Å². The van der Waals surface area contributed by atoms with Gasteiger partial charge in [0, 0.05) is 24.7 Å². The molecule has 0 aromatic rings. The Bertz CT molecular complexity index is 221. The van der Waals surface area contributed by atoms with Crippen molar-refractivity contribution in [2.75, 3.05) is 6.54 Å². The molecule has 3 N–H and O–H groups in total. The first kappa shape index (κ1) is 12.5.